The number of furan rings is 1. The second kappa shape index (κ2) is 7.49. The highest BCUT2D eigenvalue weighted by Crippen LogP contribution is 2.05. The molecule has 0 aliphatic rings. The van der Waals surface area contributed by atoms with Crippen molar-refractivity contribution in [3.05, 3.63) is 24.2 Å². The Labute approximate surface area is 92.0 Å². The van der Waals surface area contributed by atoms with E-state index in [0.29, 0.717) is 6.04 Å². The van der Waals surface area contributed by atoms with Crippen molar-refractivity contribution in [1.82, 2.24) is 5.32 Å². The van der Waals surface area contributed by atoms with Gasteiger partial charge in [0.05, 0.1) is 6.26 Å². The van der Waals surface area contributed by atoms with Gasteiger partial charge in [0.15, 0.2) is 0 Å². The van der Waals surface area contributed by atoms with Crippen LogP contribution in [0.5, 0.6) is 0 Å². The van der Waals surface area contributed by atoms with Gasteiger partial charge in [0, 0.05) is 12.5 Å². The fourth-order valence-corrected chi connectivity index (χ4v) is 1.53. The van der Waals surface area contributed by atoms with E-state index in [1.54, 1.807) is 6.26 Å². The van der Waals surface area contributed by atoms with E-state index < -0.39 is 0 Å². The molecule has 1 aromatic heterocycles. The monoisotopic (exact) mass is 210 g/mol. The largest absolute Gasteiger partial charge is 0.469 e. The molecule has 0 bridgehead atoms. The van der Waals surface area contributed by atoms with E-state index in [2.05, 4.69) is 12.2 Å². The SMILES string of the molecule is CC(CCc1ccco1)NCCCCN. The number of hydrogen-bond acceptors (Lipinski definition) is 3. The maximum Gasteiger partial charge on any atom is 0.103 e. The third-order valence-corrected chi connectivity index (χ3v) is 2.53. The lowest BCUT2D eigenvalue weighted by molar-refractivity contribution is 0.456. The molecule has 1 heterocycles. The molecule has 0 saturated carbocycles. The van der Waals surface area contributed by atoms with Gasteiger partial charge in [-0.1, -0.05) is 0 Å². The summed E-state index contributed by atoms with van der Waals surface area (Å²) in [5, 5.41) is 3.48. The first-order chi connectivity index (χ1) is 7.33. The van der Waals surface area contributed by atoms with E-state index in [0.717, 1.165) is 38.1 Å². The van der Waals surface area contributed by atoms with E-state index in [9.17, 15) is 0 Å². The van der Waals surface area contributed by atoms with Crippen LogP contribution < -0.4 is 11.1 Å². The number of nitrogens with two attached hydrogens (primary N) is 1. The quantitative estimate of drug-likeness (QED) is 0.645. The van der Waals surface area contributed by atoms with Gasteiger partial charge in [0.1, 0.15) is 5.76 Å². The molecule has 0 amide bonds. The Balaban J connectivity index is 2.01. The molecule has 0 saturated heterocycles. The summed E-state index contributed by atoms with van der Waals surface area (Å²) in [6, 6.07) is 4.52. The highest BCUT2D eigenvalue weighted by Gasteiger charge is 2.02. The van der Waals surface area contributed by atoms with Gasteiger partial charge in [-0.05, 0) is 51.4 Å². The van der Waals surface area contributed by atoms with Crippen LogP contribution in [0.15, 0.2) is 22.8 Å². The second-order valence-corrected chi connectivity index (χ2v) is 3.97. The first-order valence-electron chi connectivity index (χ1n) is 5.78. The minimum Gasteiger partial charge on any atom is -0.469 e. The Morgan fingerprint density at radius 1 is 1.47 bits per heavy atom. The maximum atomic E-state index is 5.43. The Morgan fingerprint density at radius 3 is 3.00 bits per heavy atom. The van der Waals surface area contributed by atoms with Gasteiger partial charge in [0.25, 0.3) is 0 Å². The van der Waals surface area contributed by atoms with Crippen molar-refractivity contribution in [2.45, 2.75) is 38.6 Å². The lowest BCUT2D eigenvalue weighted by Crippen LogP contribution is -2.27. The summed E-state index contributed by atoms with van der Waals surface area (Å²) in [6.07, 6.45) is 6.14. The summed E-state index contributed by atoms with van der Waals surface area (Å²) in [5.74, 6) is 1.07. The predicted molar refractivity (Wildman–Crippen MR) is 62.8 cm³/mol. The molecule has 3 nitrogen and oxygen atoms in total. The lowest BCUT2D eigenvalue weighted by Gasteiger charge is -2.12. The summed E-state index contributed by atoms with van der Waals surface area (Å²) < 4.78 is 5.28. The van der Waals surface area contributed by atoms with E-state index >= 15 is 0 Å². The van der Waals surface area contributed by atoms with Crippen molar-refractivity contribution in [2.75, 3.05) is 13.1 Å². The average Bonchev–Trinajstić information content (AvgIpc) is 2.74. The van der Waals surface area contributed by atoms with Crippen molar-refractivity contribution < 1.29 is 4.42 Å². The summed E-state index contributed by atoms with van der Waals surface area (Å²) in [5.41, 5.74) is 5.43. The summed E-state index contributed by atoms with van der Waals surface area (Å²) in [6.45, 7) is 4.07. The van der Waals surface area contributed by atoms with Crippen LogP contribution in [0.3, 0.4) is 0 Å². The number of nitrogens with one attached hydrogen (secondary N) is 1. The van der Waals surface area contributed by atoms with E-state index in [1.165, 1.54) is 6.42 Å². The van der Waals surface area contributed by atoms with Crippen LogP contribution in [-0.2, 0) is 6.42 Å². The minimum atomic E-state index is 0.549. The van der Waals surface area contributed by atoms with Crippen molar-refractivity contribution in [1.29, 1.82) is 0 Å². The van der Waals surface area contributed by atoms with Gasteiger partial charge in [-0.3, -0.25) is 0 Å². The number of unbranched alkanes of at least 4 members (excludes halogenated alkanes) is 1. The normalized spacial score (nSPS) is 12.9. The van der Waals surface area contributed by atoms with Crippen LogP contribution in [0.25, 0.3) is 0 Å². The fraction of sp³-hybridized carbons (Fsp3) is 0.667. The predicted octanol–water partition coefficient (Wildman–Crippen LogP) is 1.93. The Bertz CT molecular complexity index is 234. The number of aryl methyl sites for hydroxylation is 1. The molecule has 3 heteroatoms. The third-order valence-electron chi connectivity index (χ3n) is 2.53. The van der Waals surface area contributed by atoms with Crippen molar-refractivity contribution >= 4 is 0 Å². The molecule has 0 aliphatic carbocycles. The van der Waals surface area contributed by atoms with Gasteiger partial charge in [-0.25, -0.2) is 0 Å². The summed E-state index contributed by atoms with van der Waals surface area (Å²) in [7, 11) is 0. The molecular formula is C12H22N2O. The zero-order valence-electron chi connectivity index (χ0n) is 9.54. The van der Waals surface area contributed by atoms with Gasteiger partial charge in [-0.15, -0.1) is 0 Å². The maximum absolute atomic E-state index is 5.43. The Hall–Kier alpha value is -0.800. The molecule has 1 atom stereocenters. The molecule has 86 valence electrons. The highest BCUT2D eigenvalue weighted by molar-refractivity contribution is 4.98. The van der Waals surface area contributed by atoms with E-state index in [4.69, 9.17) is 10.2 Å². The minimum absolute atomic E-state index is 0.549. The van der Waals surface area contributed by atoms with E-state index in [-0.39, 0.29) is 0 Å². The lowest BCUT2D eigenvalue weighted by atomic mass is 10.1. The zero-order chi connectivity index (χ0) is 10.9. The third kappa shape index (κ3) is 5.60. The van der Waals surface area contributed by atoms with Crippen LogP contribution in [0.2, 0.25) is 0 Å². The summed E-state index contributed by atoms with van der Waals surface area (Å²) in [4.78, 5) is 0. The van der Waals surface area contributed by atoms with Crippen LogP contribution in [0, 0.1) is 0 Å². The molecule has 1 rings (SSSR count). The van der Waals surface area contributed by atoms with Gasteiger partial charge in [-0.2, -0.15) is 0 Å². The molecule has 15 heavy (non-hydrogen) atoms. The number of hydrogen-bond donors (Lipinski definition) is 2. The fourth-order valence-electron chi connectivity index (χ4n) is 1.53. The Kier molecular flexibility index (Phi) is 6.12. The van der Waals surface area contributed by atoms with Crippen molar-refractivity contribution in [3.8, 4) is 0 Å². The Morgan fingerprint density at radius 2 is 2.33 bits per heavy atom. The topological polar surface area (TPSA) is 51.2 Å². The smallest absolute Gasteiger partial charge is 0.103 e. The first kappa shape index (κ1) is 12.3. The van der Waals surface area contributed by atoms with Crippen LogP contribution >= 0.6 is 0 Å². The van der Waals surface area contributed by atoms with Gasteiger partial charge < -0.3 is 15.5 Å². The van der Waals surface area contributed by atoms with Gasteiger partial charge >= 0.3 is 0 Å². The molecule has 0 aliphatic heterocycles. The molecule has 1 unspecified atom stereocenters. The summed E-state index contributed by atoms with van der Waals surface area (Å²) >= 11 is 0. The molecule has 0 aromatic carbocycles. The van der Waals surface area contributed by atoms with Crippen LogP contribution in [-0.4, -0.2) is 19.1 Å². The molecule has 1 aromatic rings. The zero-order valence-corrected chi connectivity index (χ0v) is 9.54. The highest BCUT2D eigenvalue weighted by atomic mass is 16.3. The van der Waals surface area contributed by atoms with Crippen LogP contribution in [0.1, 0.15) is 31.9 Å². The molecule has 0 radical (unpaired) electrons. The number of rotatable bonds is 8. The average molecular weight is 210 g/mol. The van der Waals surface area contributed by atoms with Gasteiger partial charge in [0.2, 0.25) is 0 Å². The molecule has 0 spiro atoms. The van der Waals surface area contributed by atoms with Crippen LogP contribution in [0.4, 0.5) is 0 Å². The first-order valence-corrected chi connectivity index (χ1v) is 5.78. The van der Waals surface area contributed by atoms with E-state index in [1.807, 2.05) is 12.1 Å². The van der Waals surface area contributed by atoms with Crippen molar-refractivity contribution in [3.63, 3.8) is 0 Å². The standard InChI is InChI=1S/C12H22N2O/c1-11(14-9-3-2-8-13)6-7-12-5-4-10-15-12/h4-5,10-11,14H,2-3,6-9,13H2,1H3. The molecular weight excluding hydrogens is 188 g/mol. The second-order valence-electron chi connectivity index (χ2n) is 3.97. The molecule has 3 N–H and O–H groups in total. The molecule has 0 fully saturated rings. The van der Waals surface area contributed by atoms with Crippen molar-refractivity contribution in [2.24, 2.45) is 5.73 Å².